The van der Waals surface area contributed by atoms with E-state index in [9.17, 15) is 4.39 Å². The summed E-state index contributed by atoms with van der Waals surface area (Å²) in [6, 6.07) is 6.29. The fourth-order valence-electron chi connectivity index (χ4n) is 1.35. The van der Waals surface area contributed by atoms with Gasteiger partial charge in [-0.25, -0.2) is 9.07 Å². The van der Waals surface area contributed by atoms with Gasteiger partial charge in [0.2, 0.25) is 0 Å². The van der Waals surface area contributed by atoms with Crippen molar-refractivity contribution in [1.82, 2.24) is 9.78 Å². The van der Waals surface area contributed by atoms with Crippen molar-refractivity contribution >= 4 is 31.9 Å². The van der Waals surface area contributed by atoms with Crippen LogP contribution in [0.3, 0.4) is 0 Å². The van der Waals surface area contributed by atoms with E-state index in [1.807, 2.05) is 12.1 Å². The second-order valence-corrected chi connectivity index (χ2v) is 4.99. The molecule has 0 saturated carbocycles. The molecule has 1 aromatic carbocycles. The maximum absolute atomic E-state index is 13.8. The van der Waals surface area contributed by atoms with Crippen LogP contribution in [0.15, 0.2) is 27.3 Å². The zero-order valence-corrected chi connectivity index (χ0v) is 11.8. The summed E-state index contributed by atoms with van der Waals surface area (Å²) in [4.78, 5) is 0. The maximum Gasteiger partial charge on any atom is 0.177 e. The van der Waals surface area contributed by atoms with Gasteiger partial charge in [0.1, 0.15) is 23.6 Å². The summed E-state index contributed by atoms with van der Waals surface area (Å²) < 4.78 is 16.0. The highest BCUT2D eigenvalue weighted by Gasteiger charge is 2.13. The van der Waals surface area contributed by atoms with Gasteiger partial charge in [-0.3, -0.25) is 0 Å². The zero-order valence-electron chi connectivity index (χ0n) is 8.65. The number of nitriles is 2. The lowest BCUT2D eigenvalue weighted by atomic mass is 10.2. The van der Waals surface area contributed by atoms with Crippen LogP contribution in [0.2, 0.25) is 0 Å². The third-order valence-electron chi connectivity index (χ3n) is 2.18. The summed E-state index contributed by atoms with van der Waals surface area (Å²) >= 11 is 6.33. The van der Waals surface area contributed by atoms with Gasteiger partial charge in [0, 0.05) is 10.7 Å². The second kappa shape index (κ2) is 4.89. The molecule has 7 heteroatoms. The van der Waals surface area contributed by atoms with Gasteiger partial charge in [-0.2, -0.15) is 15.6 Å². The summed E-state index contributed by atoms with van der Waals surface area (Å²) in [5.41, 5.74) is 0.515. The van der Waals surface area contributed by atoms with Crippen LogP contribution in [0.5, 0.6) is 0 Å². The lowest BCUT2D eigenvalue weighted by Gasteiger charge is -2.04. The molecule has 0 saturated heterocycles. The van der Waals surface area contributed by atoms with E-state index in [0.29, 0.717) is 8.95 Å². The van der Waals surface area contributed by atoms with Crippen LogP contribution in [0, 0.1) is 28.5 Å². The minimum atomic E-state index is -0.589. The van der Waals surface area contributed by atoms with E-state index >= 15 is 0 Å². The number of hydrogen-bond donors (Lipinski definition) is 0. The first-order valence-electron chi connectivity index (χ1n) is 4.61. The summed E-state index contributed by atoms with van der Waals surface area (Å²) in [5.74, 6) is -0.589. The SMILES string of the molecule is N#Cc1cc(F)c(-n2cc(Br)c(C#N)n2)cc1Br. The molecule has 0 N–H and O–H groups in total. The number of hydrogen-bond acceptors (Lipinski definition) is 3. The van der Waals surface area contributed by atoms with Crippen LogP contribution in [-0.4, -0.2) is 9.78 Å². The summed E-state index contributed by atoms with van der Waals surface area (Å²) in [7, 11) is 0. The van der Waals surface area contributed by atoms with Crippen LogP contribution < -0.4 is 0 Å². The molecule has 0 amide bonds. The summed E-state index contributed by atoms with van der Waals surface area (Å²) in [6.07, 6.45) is 1.48. The van der Waals surface area contributed by atoms with Crippen molar-refractivity contribution in [2.45, 2.75) is 0 Å². The molecule has 0 bridgehead atoms. The minimum absolute atomic E-state index is 0.156. The molecule has 1 heterocycles. The van der Waals surface area contributed by atoms with Gasteiger partial charge in [-0.05, 0) is 44.0 Å². The van der Waals surface area contributed by atoms with Gasteiger partial charge in [0.05, 0.1) is 10.0 Å². The summed E-state index contributed by atoms with van der Waals surface area (Å²) in [6.45, 7) is 0. The second-order valence-electron chi connectivity index (χ2n) is 3.28. The van der Waals surface area contributed by atoms with Crippen molar-refractivity contribution in [3.05, 3.63) is 44.3 Å². The average molecular weight is 370 g/mol. The van der Waals surface area contributed by atoms with Crippen LogP contribution >= 0.6 is 31.9 Å². The molecule has 0 aliphatic carbocycles. The van der Waals surface area contributed by atoms with Gasteiger partial charge in [0.15, 0.2) is 5.69 Å². The van der Waals surface area contributed by atoms with E-state index in [1.54, 1.807) is 0 Å². The first-order valence-corrected chi connectivity index (χ1v) is 6.20. The highest BCUT2D eigenvalue weighted by atomic mass is 79.9. The Balaban J connectivity index is 2.62. The Morgan fingerprint density at radius 3 is 2.44 bits per heavy atom. The highest BCUT2D eigenvalue weighted by molar-refractivity contribution is 9.10. The summed E-state index contributed by atoms with van der Waals surface area (Å²) in [5, 5.41) is 21.5. The van der Waals surface area contributed by atoms with E-state index in [2.05, 4.69) is 37.0 Å². The van der Waals surface area contributed by atoms with Crippen molar-refractivity contribution in [2.75, 3.05) is 0 Å². The molecule has 0 spiro atoms. The number of aromatic nitrogens is 2. The topological polar surface area (TPSA) is 65.4 Å². The predicted molar refractivity (Wildman–Crippen MR) is 68.4 cm³/mol. The number of benzene rings is 1. The molecule has 0 aliphatic heterocycles. The lowest BCUT2D eigenvalue weighted by molar-refractivity contribution is 0.609. The van der Waals surface area contributed by atoms with E-state index in [-0.39, 0.29) is 16.9 Å². The molecule has 0 aliphatic rings. The molecule has 2 rings (SSSR count). The van der Waals surface area contributed by atoms with Crippen LogP contribution in [0.4, 0.5) is 4.39 Å². The van der Waals surface area contributed by atoms with Crippen molar-refractivity contribution in [2.24, 2.45) is 0 Å². The zero-order chi connectivity index (χ0) is 13.3. The smallest absolute Gasteiger partial charge is 0.177 e. The van der Waals surface area contributed by atoms with Crippen molar-refractivity contribution in [3.8, 4) is 17.8 Å². The molecule has 0 radical (unpaired) electrons. The molecule has 1 aromatic heterocycles. The Morgan fingerprint density at radius 1 is 1.17 bits per heavy atom. The Hall–Kier alpha value is -1.70. The van der Waals surface area contributed by atoms with Gasteiger partial charge < -0.3 is 0 Å². The molecule has 0 unspecified atom stereocenters. The molecular formula is C11H3Br2FN4. The van der Waals surface area contributed by atoms with Crippen molar-refractivity contribution < 1.29 is 4.39 Å². The Bertz CT molecular complexity index is 709. The van der Waals surface area contributed by atoms with Gasteiger partial charge in [0.25, 0.3) is 0 Å². The fraction of sp³-hybridized carbons (Fsp3) is 0. The fourth-order valence-corrected chi connectivity index (χ4v) is 2.13. The molecule has 88 valence electrons. The first-order chi connectivity index (χ1) is 8.56. The van der Waals surface area contributed by atoms with Crippen molar-refractivity contribution in [1.29, 1.82) is 10.5 Å². The monoisotopic (exact) mass is 368 g/mol. The first kappa shape index (κ1) is 12.7. The molecule has 2 aromatic rings. The molecule has 4 nitrogen and oxygen atoms in total. The molecular weight excluding hydrogens is 367 g/mol. The van der Waals surface area contributed by atoms with Crippen LogP contribution in [0.25, 0.3) is 5.69 Å². The van der Waals surface area contributed by atoms with Crippen LogP contribution in [0.1, 0.15) is 11.3 Å². The normalized spacial score (nSPS) is 9.83. The number of halogens is 3. The molecule has 0 fully saturated rings. The Morgan fingerprint density at radius 2 is 1.89 bits per heavy atom. The van der Waals surface area contributed by atoms with E-state index in [4.69, 9.17) is 10.5 Å². The van der Waals surface area contributed by atoms with Crippen LogP contribution in [-0.2, 0) is 0 Å². The van der Waals surface area contributed by atoms with E-state index in [1.165, 1.54) is 16.9 Å². The number of nitrogens with zero attached hydrogens (tertiary/aromatic N) is 4. The Kier molecular flexibility index (Phi) is 3.46. The quantitative estimate of drug-likeness (QED) is 0.774. The van der Waals surface area contributed by atoms with Crippen molar-refractivity contribution in [3.63, 3.8) is 0 Å². The third-order valence-corrected chi connectivity index (χ3v) is 3.42. The van der Waals surface area contributed by atoms with E-state index in [0.717, 1.165) is 6.07 Å². The van der Waals surface area contributed by atoms with Gasteiger partial charge in [-0.1, -0.05) is 0 Å². The molecule has 0 atom stereocenters. The third kappa shape index (κ3) is 2.15. The van der Waals surface area contributed by atoms with Gasteiger partial charge in [-0.15, -0.1) is 0 Å². The standard InChI is InChI=1S/C11H3Br2FN4/c12-7-2-11(9(14)1-6(7)3-15)18-5-8(13)10(4-16)17-18/h1-2,5H. The largest absolute Gasteiger partial charge is 0.235 e. The average Bonchev–Trinajstić information content (AvgIpc) is 2.72. The maximum atomic E-state index is 13.8. The van der Waals surface area contributed by atoms with E-state index < -0.39 is 5.82 Å². The minimum Gasteiger partial charge on any atom is -0.235 e. The predicted octanol–water partition coefficient (Wildman–Crippen LogP) is 3.28. The highest BCUT2D eigenvalue weighted by Crippen LogP contribution is 2.25. The van der Waals surface area contributed by atoms with Gasteiger partial charge >= 0.3 is 0 Å². The molecule has 18 heavy (non-hydrogen) atoms. The Labute approximate surface area is 119 Å². The number of rotatable bonds is 1. The lowest BCUT2D eigenvalue weighted by Crippen LogP contribution is -2.00.